The van der Waals surface area contributed by atoms with Gasteiger partial charge in [-0.3, -0.25) is 9.80 Å². The monoisotopic (exact) mass is 301 g/mol. The molecule has 0 aliphatic carbocycles. The minimum atomic E-state index is -0.123. The molecule has 1 N–H and O–H groups in total. The van der Waals surface area contributed by atoms with Crippen molar-refractivity contribution in [3.05, 3.63) is 35.9 Å². The number of aliphatic hydroxyl groups excluding tert-OH is 1. The molecule has 0 amide bonds. The minimum absolute atomic E-state index is 0.123. The average molecular weight is 301 g/mol. The van der Waals surface area contributed by atoms with Gasteiger partial charge in [-0.05, 0) is 25.5 Å². The number of benzene rings is 1. The highest BCUT2D eigenvalue weighted by Gasteiger charge is 2.54. The van der Waals surface area contributed by atoms with Crippen molar-refractivity contribution in [2.45, 2.75) is 30.5 Å². The number of fused-ring (bicyclic) bond motifs is 2. The predicted molar refractivity (Wildman–Crippen MR) is 87.9 cm³/mol. The van der Waals surface area contributed by atoms with Gasteiger partial charge in [-0.25, -0.2) is 0 Å². The van der Waals surface area contributed by atoms with E-state index in [9.17, 15) is 5.11 Å². The van der Waals surface area contributed by atoms with E-state index in [2.05, 4.69) is 52.1 Å². The molecule has 4 heteroatoms. The minimum Gasteiger partial charge on any atom is -0.392 e. The average Bonchev–Trinajstić information content (AvgIpc) is 2.86. The number of rotatable bonds is 3. The van der Waals surface area contributed by atoms with Gasteiger partial charge in [-0.1, -0.05) is 30.3 Å². The summed E-state index contributed by atoms with van der Waals surface area (Å²) in [6.07, 6.45) is 1.96. The molecule has 1 aromatic rings. The van der Waals surface area contributed by atoms with Crippen LogP contribution in [0.1, 0.15) is 12.0 Å². The summed E-state index contributed by atoms with van der Waals surface area (Å²) >= 11 is 0. The molecule has 0 unspecified atom stereocenters. The first-order chi connectivity index (χ1) is 10.6. The fourth-order valence-electron chi connectivity index (χ4n) is 4.86. The number of hydrogen-bond acceptors (Lipinski definition) is 4. The van der Waals surface area contributed by atoms with Crippen LogP contribution in [0.2, 0.25) is 0 Å². The van der Waals surface area contributed by atoms with Crippen molar-refractivity contribution >= 4 is 0 Å². The van der Waals surface area contributed by atoms with E-state index in [-0.39, 0.29) is 6.10 Å². The highest BCUT2D eigenvalue weighted by Crippen LogP contribution is 2.38. The maximum atomic E-state index is 10.1. The second kappa shape index (κ2) is 5.60. The van der Waals surface area contributed by atoms with Gasteiger partial charge in [0.1, 0.15) is 0 Å². The van der Waals surface area contributed by atoms with E-state index in [1.807, 2.05) is 0 Å². The third-order valence-corrected chi connectivity index (χ3v) is 5.68. The van der Waals surface area contributed by atoms with Crippen LogP contribution in [0.3, 0.4) is 0 Å². The Morgan fingerprint density at radius 2 is 1.91 bits per heavy atom. The van der Waals surface area contributed by atoms with Crippen LogP contribution >= 0.6 is 0 Å². The topological polar surface area (TPSA) is 30.0 Å². The molecule has 0 bridgehead atoms. The van der Waals surface area contributed by atoms with E-state index < -0.39 is 0 Å². The molecule has 1 spiro atoms. The first-order valence-corrected chi connectivity index (χ1v) is 8.54. The Morgan fingerprint density at radius 3 is 2.64 bits per heavy atom. The van der Waals surface area contributed by atoms with Crippen molar-refractivity contribution in [3.8, 4) is 0 Å². The van der Waals surface area contributed by atoms with Crippen molar-refractivity contribution in [2.75, 3.05) is 46.3 Å². The lowest BCUT2D eigenvalue weighted by molar-refractivity contribution is -0.104. The molecule has 4 rings (SSSR count). The van der Waals surface area contributed by atoms with Crippen LogP contribution < -0.4 is 0 Å². The molecule has 4 nitrogen and oxygen atoms in total. The number of β-amino-alcohol motifs (C(OH)–C–C–N with tert-alkyl or cyclic N) is 1. The van der Waals surface area contributed by atoms with Crippen molar-refractivity contribution in [1.82, 2.24) is 14.7 Å². The van der Waals surface area contributed by atoms with E-state index in [0.29, 0.717) is 11.6 Å². The number of likely N-dealkylation sites (tertiary alicyclic amines) is 1. The van der Waals surface area contributed by atoms with E-state index in [0.717, 1.165) is 52.1 Å². The summed E-state index contributed by atoms with van der Waals surface area (Å²) in [4.78, 5) is 7.67. The molecule has 22 heavy (non-hydrogen) atoms. The molecular formula is C18H27N3O. The van der Waals surface area contributed by atoms with Crippen LogP contribution in [0.5, 0.6) is 0 Å². The highest BCUT2D eigenvalue weighted by molar-refractivity contribution is 5.16. The third kappa shape index (κ3) is 2.58. The lowest BCUT2D eigenvalue weighted by Gasteiger charge is -2.60. The Hall–Kier alpha value is -0.940. The summed E-state index contributed by atoms with van der Waals surface area (Å²) in [7, 11) is 2.20. The summed E-state index contributed by atoms with van der Waals surface area (Å²) in [5, 5.41) is 10.1. The quantitative estimate of drug-likeness (QED) is 0.888. The first-order valence-electron chi connectivity index (χ1n) is 8.54. The van der Waals surface area contributed by atoms with E-state index >= 15 is 0 Å². The summed E-state index contributed by atoms with van der Waals surface area (Å²) in [6.45, 7) is 6.60. The molecule has 3 aliphatic heterocycles. The predicted octanol–water partition coefficient (Wildman–Crippen LogP) is 0.664. The van der Waals surface area contributed by atoms with Crippen LogP contribution in [-0.4, -0.2) is 83.8 Å². The molecule has 1 aromatic carbocycles. The van der Waals surface area contributed by atoms with Crippen molar-refractivity contribution < 1.29 is 5.11 Å². The maximum absolute atomic E-state index is 10.1. The molecular weight excluding hydrogens is 274 g/mol. The summed E-state index contributed by atoms with van der Waals surface area (Å²) in [5.74, 6) is 0. The molecule has 3 fully saturated rings. The van der Waals surface area contributed by atoms with Gasteiger partial charge in [-0.2, -0.15) is 0 Å². The molecule has 0 aromatic heterocycles. The van der Waals surface area contributed by atoms with Gasteiger partial charge in [0.2, 0.25) is 0 Å². The SMILES string of the molecule is CN1CC2(C1)CN(CCc1ccccc1)C[C@H]1C[C@@H](O)CN12. The van der Waals surface area contributed by atoms with Crippen molar-refractivity contribution in [3.63, 3.8) is 0 Å². The van der Waals surface area contributed by atoms with Crippen LogP contribution in [0.25, 0.3) is 0 Å². The van der Waals surface area contributed by atoms with Gasteiger partial charge in [0.05, 0.1) is 11.6 Å². The molecule has 2 atom stereocenters. The molecule has 0 radical (unpaired) electrons. The standard InChI is InChI=1S/C18H27N3O/c1-19-12-18(13-19)14-20(8-7-15-5-3-2-4-6-15)10-16-9-17(22)11-21(16)18/h2-6,16-17,22H,7-14H2,1H3/t16-,17-/m1/s1. The van der Waals surface area contributed by atoms with E-state index in [1.165, 1.54) is 5.56 Å². The van der Waals surface area contributed by atoms with Gasteiger partial charge >= 0.3 is 0 Å². The Kier molecular flexibility index (Phi) is 3.73. The number of hydrogen-bond donors (Lipinski definition) is 1. The second-order valence-corrected chi connectivity index (χ2v) is 7.56. The number of aliphatic hydroxyl groups is 1. The van der Waals surface area contributed by atoms with Crippen molar-refractivity contribution in [1.29, 1.82) is 0 Å². The molecule has 3 saturated heterocycles. The Bertz CT molecular complexity index is 514. The smallest absolute Gasteiger partial charge is 0.0682 e. The normalized spacial score (nSPS) is 32.1. The molecule has 0 saturated carbocycles. The van der Waals surface area contributed by atoms with Gasteiger partial charge < -0.3 is 10.0 Å². The highest BCUT2D eigenvalue weighted by atomic mass is 16.3. The van der Waals surface area contributed by atoms with E-state index in [4.69, 9.17) is 0 Å². The van der Waals surface area contributed by atoms with Crippen LogP contribution in [-0.2, 0) is 6.42 Å². The zero-order chi connectivity index (χ0) is 15.2. The number of piperazine rings is 1. The summed E-state index contributed by atoms with van der Waals surface area (Å²) in [5.41, 5.74) is 1.72. The fourth-order valence-corrected chi connectivity index (χ4v) is 4.86. The van der Waals surface area contributed by atoms with Crippen LogP contribution in [0.15, 0.2) is 30.3 Å². The molecule has 3 heterocycles. The van der Waals surface area contributed by atoms with Crippen LogP contribution in [0, 0.1) is 0 Å². The zero-order valence-corrected chi connectivity index (χ0v) is 13.5. The molecule has 3 aliphatic rings. The fraction of sp³-hybridized carbons (Fsp3) is 0.667. The van der Waals surface area contributed by atoms with E-state index in [1.54, 1.807) is 0 Å². The first kappa shape index (κ1) is 14.6. The zero-order valence-electron chi connectivity index (χ0n) is 13.5. The van der Waals surface area contributed by atoms with Gasteiger partial charge in [0.25, 0.3) is 0 Å². The largest absolute Gasteiger partial charge is 0.392 e. The van der Waals surface area contributed by atoms with Crippen molar-refractivity contribution in [2.24, 2.45) is 0 Å². The van der Waals surface area contributed by atoms with Gasteiger partial charge in [-0.15, -0.1) is 0 Å². The van der Waals surface area contributed by atoms with Gasteiger partial charge in [0, 0.05) is 45.3 Å². The second-order valence-electron chi connectivity index (χ2n) is 7.56. The number of likely N-dealkylation sites (N-methyl/N-ethyl adjacent to an activating group) is 1. The Balaban J connectivity index is 1.44. The molecule has 120 valence electrons. The third-order valence-electron chi connectivity index (χ3n) is 5.68. The number of nitrogens with zero attached hydrogens (tertiary/aromatic N) is 3. The summed E-state index contributed by atoms with van der Waals surface area (Å²) < 4.78 is 0. The lowest BCUT2D eigenvalue weighted by Crippen LogP contribution is -2.77. The Morgan fingerprint density at radius 1 is 1.14 bits per heavy atom. The Labute approximate surface area is 133 Å². The maximum Gasteiger partial charge on any atom is 0.0682 e. The van der Waals surface area contributed by atoms with Gasteiger partial charge in [0.15, 0.2) is 0 Å². The van der Waals surface area contributed by atoms with Crippen LogP contribution in [0.4, 0.5) is 0 Å². The summed E-state index contributed by atoms with van der Waals surface area (Å²) in [6, 6.07) is 11.3. The lowest BCUT2D eigenvalue weighted by atomic mass is 9.84.